The molecule has 0 saturated heterocycles. The monoisotopic (exact) mass is 376 g/mol. The van der Waals surface area contributed by atoms with Crippen molar-refractivity contribution < 1.29 is 12.9 Å². The minimum Gasteiger partial charge on any atom is -0.356 e. The second-order valence-corrected chi connectivity index (χ2v) is 8.91. The molecular weight excluding hydrogens is 356 g/mol. The fourth-order valence-electron chi connectivity index (χ4n) is 2.97. The summed E-state index contributed by atoms with van der Waals surface area (Å²) < 4.78 is 34.4. The molecule has 132 valence electrons. The molecule has 0 bridgehead atoms. The van der Waals surface area contributed by atoms with Gasteiger partial charge in [0.1, 0.15) is 4.90 Å². The number of aryl methyl sites for hydroxylation is 4. The summed E-state index contributed by atoms with van der Waals surface area (Å²) in [4.78, 5) is 1.87. The highest BCUT2D eigenvalue weighted by Gasteiger charge is 2.28. The molecule has 0 fully saturated rings. The van der Waals surface area contributed by atoms with E-state index in [2.05, 4.69) is 9.88 Å². The van der Waals surface area contributed by atoms with Crippen LogP contribution in [0.15, 0.2) is 39.9 Å². The summed E-state index contributed by atoms with van der Waals surface area (Å²) in [6.45, 7) is 7.61. The Labute approximate surface area is 151 Å². The van der Waals surface area contributed by atoms with Gasteiger partial charge >= 0.3 is 0 Å². The molecule has 0 atom stereocenters. The summed E-state index contributed by atoms with van der Waals surface area (Å²) in [7, 11) is -3.76. The van der Waals surface area contributed by atoms with Crippen molar-refractivity contribution >= 4 is 27.0 Å². The van der Waals surface area contributed by atoms with Crippen molar-refractivity contribution in [3.8, 4) is 11.3 Å². The van der Waals surface area contributed by atoms with E-state index in [0.29, 0.717) is 17.0 Å². The number of hydrogen-bond donors (Lipinski definition) is 1. The summed E-state index contributed by atoms with van der Waals surface area (Å²) in [5, 5.41) is 3.71. The molecule has 0 aliphatic heterocycles. The Bertz CT molecular complexity index is 1000. The lowest BCUT2D eigenvalue weighted by atomic mass is 10.1. The van der Waals surface area contributed by atoms with Crippen LogP contribution in [0.3, 0.4) is 0 Å². The highest BCUT2D eigenvalue weighted by Crippen LogP contribution is 2.40. The predicted octanol–water partition coefficient (Wildman–Crippen LogP) is 4.69. The highest BCUT2D eigenvalue weighted by molar-refractivity contribution is 7.93. The second kappa shape index (κ2) is 6.65. The first-order chi connectivity index (χ1) is 11.8. The average Bonchev–Trinajstić information content (AvgIpc) is 3.16. The van der Waals surface area contributed by atoms with E-state index in [4.69, 9.17) is 4.52 Å². The maximum atomic E-state index is 13.2. The van der Waals surface area contributed by atoms with E-state index >= 15 is 0 Å². The smallest absolute Gasteiger partial charge is 0.263 e. The number of aromatic nitrogens is 1. The fourth-order valence-corrected chi connectivity index (χ4v) is 6.01. The standard InChI is InChI=1S/C18H20N2O3S2/c1-5-14-8-6-7-11(2)17(14)20-25(21,22)18-13(4)24-12(3)16(18)15-9-10-19-23-15/h6-10,20H,5H2,1-4H3. The van der Waals surface area contributed by atoms with Crippen LogP contribution in [0, 0.1) is 20.8 Å². The van der Waals surface area contributed by atoms with Crippen molar-refractivity contribution in [3.63, 3.8) is 0 Å². The fraction of sp³-hybridized carbons (Fsp3) is 0.278. The van der Waals surface area contributed by atoms with Crippen LogP contribution in [0.5, 0.6) is 0 Å². The maximum Gasteiger partial charge on any atom is 0.263 e. The molecule has 25 heavy (non-hydrogen) atoms. The average molecular weight is 377 g/mol. The molecule has 1 N–H and O–H groups in total. The lowest BCUT2D eigenvalue weighted by Crippen LogP contribution is -2.16. The molecule has 0 amide bonds. The molecule has 3 aromatic rings. The molecular formula is C18H20N2O3S2. The maximum absolute atomic E-state index is 13.2. The van der Waals surface area contributed by atoms with Gasteiger partial charge in [-0.25, -0.2) is 8.42 Å². The van der Waals surface area contributed by atoms with Crippen LogP contribution < -0.4 is 4.72 Å². The number of benzene rings is 1. The van der Waals surface area contributed by atoms with Gasteiger partial charge in [0.25, 0.3) is 10.0 Å². The van der Waals surface area contributed by atoms with E-state index in [1.807, 2.05) is 45.9 Å². The quantitative estimate of drug-likeness (QED) is 0.701. The first-order valence-electron chi connectivity index (χ1n) is 7.97. The molecule has 1 aromatic carbocycles. The van der Waals surface area contributed by atoms with Gasteiger partial charge in [-0.15, -0.1) is 11.3 Å². The Morgan fingerprint density at radius 3 is 2.56 bits per heavy atom. The Morgan fingerprint density at radius 2 is 1.92 bits per heavy atom. The minimum atomic E-state index is -3.76. The van der Waals surface area contributed by atoms with Gasteiger partial charge in [-0.2, -0.15) is 0 Å². The third kappa shape index (κ3) is 3.21. The minimum absolute atomic E-state index is 0.261. The van der Waals surface area contributed by atoms with Gasteiger partial charge in [-0.1, -0.05) is 30.3 Å². The van der Waals surface area contributed by atoms with Gasteiger partial charge < -0.3 is 4.52 Å². The molecule has 7 heteroatoms. The summed E-state index contributed by atoms with van der Waals surface area (Å²) in [5.41, 5.74) is 3.10. The molecule has 0 unspecified atom stereocenters. The van der Waals surface area contributed by atoms with Gasteiger partial charge in [-0.3, -0.25) is 4.72 Å². The summed E-state index contributed by atoms with van der Waals surface area (Å²) in [6.07, 6.45) is 2.26. The molecule has 3 rings (SSSR count). The van der Waals surface area contributed by atoms with Crippen LogP contribution in [0.1, 0.15) is 27.8 Å². The number of para-hydroxylation sites is 1. The van der Waals surface area contributed by atoms with Crippen LogP contribution in [0.4, 0.5) is 5.69 Å². The molecule has 0 spiro atoms. The number of sulfonamides is 1. The van der Waals surface area contributed by atoms with Crippen molar-refractivity contribution in [2.45, 2.75) is 39.0 Å². The Kier molecular flexibility index (Phi) is 4.71. The van der Waals surface area contributed by atoms with Gasteiger partial charge in [0.15, 0.2) is 5.76 Å². The Morgan fingerprint density at radius 1 is 1.16 bits per heavy atom. The van der Waals surface area contributed by atoms with E-state index < -0.39 is 10.0 Å². The first-order valence-corrected chi connectivity index (χ1v) is 10.3. The summed E-state index contributed by atoms with van der Waals surface area (Å²) in [6, 6.07) is 7.46. The number of nitrogens with zero attached hydrogens (tertiary/aromatic N) is 1. The van der Waals surface area contributed by atoms with E-state index in [1.54, 1.807) is 6.07 Å². The number of hydrogen-bond acceptors (Lipinski definition) is 5. The van der Waals surface area contributed by atoms with Gasteiger partial charge in [0.05, 0.1) is 17.4 Å². The third-order valence-corrected chi connectivity index (χ3v) is 6.80. The zero-order chi connectivity index (χ0) is 18.2. The number of thiophene rings is 1. The van der Waals surface area contributed by atoms with Gasteiger partial charge in [-0.05, 0) is 38.3 Å². The zero-order valence-electron chi connectivity index (χ0n) is 14.6. The van der Waals surface area contributed by atoms with Crippen LogP contribution in [-0.4, -0.2) is 13.6 Å². The molecule has 2 heterocycles. The number of nitrogens with one attached hydrogen (secondary N) is 1. The van der Waals surface area contributed by atoms with Crippen molar-refractivity contribution in [1.82, 2.24) is 5.16 Å². The molecule has 2 aromatic heterocycles. The molecule has 0 saturated carbocycles. The van der Waals surface area contributed by atoms with E-state index in [1.165, 1.54) is 17.5 Å². The summed E-state index contributed by atoms with van der Waals surface area (Å²) in [5.74, 6) is 0.461. The largest absolute Gasteiger partial charge is 0.356 e. The second-order valence-electron chi connectivity index (χ2n) is 5.86. The van der Waals surface area contributed by atoms with Crippen molar-refractivity contribution in [1.29, 1.82) is 0 Å². The normalized spacial score (nSPS) is 11.7. The van der Waals surface area contributed by atoms with Crippen molar-refractivity contribution in [3.05, 3.63) is 51.3 Å². The van der Waals surface area contributed by atoms with Crippen molar-refractivity contribution in [2.24, 2.45) is 0 Å². The SMILES string of the molecule is CCc1cccc(C)c1NS(=O)(=O)c1c(C)sc(C)c1-c1ccno1. The Hall–Kier alpha value is -2.12. The molecule has 0 aliphatic carbocycles. The predicted molar refractivity (Wildman–Crippen MR) is 101 cm³/mol. The zero-order valence-corrected chi connectivity index (χ0v) is 16.2. The van der Waals surface area contributed by atoms with Crippen LogP contribution in [0.2, 0.25) is 0 Å². The van der Waals surface area contributed by atoms with E-state index in [0.717, 1.165) is 27.3 Å². The van der Waals surface area contributed by atoms with Gasteiger partial charge in [0, 0.05) is 15.8 Å². The van der Waals surface area contributed by atoms with Crippen LogP contribution in [0.25, 0.3) is 11.3 Å². The molecule has 0 aliphatic rings. The third-order valence-electron chi connectivity index (χ3n) is 4.13. The number of rotatable bonds is 5. The number of anilines is 1. The van der Waals surface area contributed by atoms with Crippen molar-refractivity contribution in [2.75, 3.05) is 4.72 Å². The first kappa shape index (κ1) is 17.7. The van der Waals surface area contributed by atoms with Gasteiger partial charge in [0.2, 0.25) is 0 Å². The summed E-state index contributed by atoms with van der Waals surface area (Å²) >= 11 is 1.44. The topological polar surface area (TPSA) is 72.2 Å². The van der Waals surface area contributed by atoms with E-state index in [-0.39, 0.29) is 4.90 Å². The lowest BCUT2D eigenvalue weighted by Gasteiger charge is -2.15. The Balaban J connectivity index is 2.15. The van der Waals surface area contributed by atoms with Crippen LogP contribution in [-0.2, 0) is 16.4 Å². The molecule has 0 radical (unpaired) electrons. The lowest BCUT2D eigenvalue weighted by molar-refractivity contribution is 0.431. The molecule has 5 nitrogen and oxygen atoms in total. The van der Waals surface area contributed by atoms with Crippen LogP contribution >= 0.6 is 11.3 Å². The highest BCUT2D eigenvalue weighted by atomic mass is 32.2. The van der Waals surface area contributed by atoms with E-state index in [9.17, 15) is 8.42 Å².